The number of nitrogens with two attached hydrogens (primary N) is 1. The Labute approximate surface area is 141 Å². The minimum Gasteiger partial charge on any atom is -0.398 e. The van der Waals surface area contributed by atoms with E-state index in [0.29, 0.717) is 10.2 Å². The third-order valence-electron chi connectivity index (χ3n) is 3.19. The molecule has 21 heavy (non-hydrogen) atoms. The predicted octanol–water partition coefficient (Wildman–Crippen LogP) is 4.13. The molecule has 0 aliphatic rings. The fraction of sp³-hybridized carbons (Fsp3) is 0.231. The Balaban J connectivity index is 2.47. The molecule has 0 radical (unpaired) electrons. The van der Waals surface area contributed by atoms with Crippen molar-refractivity contribution in [3.05, 3.63) is 44.0 Å². The Kier molecular flexibility index (Phi) is 4.99. The first kappa shape index (κ1) is 16.8. The molecule has 0 aliphatic heterocycles. The second-order valence-electron chi connectivity index (χ2n) is 4.52. The average Bonchev–Trinajstić information content (AvgIpc) is 2.94. The van der Waals surface area contributed by atoms with E-state index < -0.39 is 10.0 Å². The average molecular weight is 410 g/mol. The van der Waals surface area contributed by atoms with Gasteiger partial charge in [-0.15, -0.1) is 11.3 Å². The molecule has 0 saturated carbocycles. The van der Waals surface area contributed by atoms with Crippen LogP contribution in [0.25, 0.3) is 0 Å². The molecule has 0 fully saturated rings. The number of hydrogen-bond acceptors (Lipinski definition) is 4. The summed E-state index contributed by atoms with van der Waals surface area (Å²) in [7, 11) is -2.17. The van der Waals surface area contributed by atoms with Gasteiger partial charge in [-0.05, 0) is 46.4 Å². The normalized spacial score (nSPS) is 13.6. The minimum absolute atomic E-state index is 0.0680. The molecule has 0 amide bonds. The van der Waals surface area contributed by atoms with Gasteiger partial charge >= 0.3 is 0 Å². The zero-order chi connectivity index (χ0) is 15.8. The number of thiophene rings is 1. The van der Waals surface area contributed by atoms with Gasteiger partial charge in [0.2, 0.25) is 10.0 Å². The van der Waals surface area contributed by atoms with Crippen LogP contribution in [-0.2, 0) is 10.0 Å². The molecule has 1 heterocycles. The van der Waals surface area contributed by atoms with Crippen molar-refractivity contribution in [1.29, 1.82) is 0 Å². The number of sulfonamides is 1. The van der Waals surface area contributed by atoms with Crippen molar-refractivity contribution < 1.29 is 8.42 Å². The maximum absolute atomic E-state index is 12.8. The highest BCUT2D eigenvalue weighted by Gasteiger charge is 2.29. The van der Waals surface area contributed by atoms with Crippen molar-refractivity contribution >= 4 is 54.6 Å². The highest BCUT2D eigenvalue weighted by atomic mass is 79.9. The molecular formula is C13H14BrClN2O2S2. The Hall–Kier alpha value is -0.600. The van der Waals surface area contributed by atoms with Crippen LogP contribution < -0.4 is 5.73 Å². The van der Waals surface area contributed by atoms with Gasteiger partial charge < -0.3 is 5.73 Å². The van der Waals surface area contributed by atoms with Gasteiger partial charge in [0.1, 0.15) is 0 Å². The number of nitrogens with zero attached hydrogens (tertiary/aromatic N) is 1. The number of halogens is 2. The molecule has 2 rings (SSSR count). The lowest BCUT2D eigenvalue weighted by Gasteiger charge is -2.24. The first-order chi connectivity index (χ1) is 9.75. The number of rotatable bonds is 4. The largest absolute Gasteiger partial charge is 0.398 e. The molecule has 0 saturated heterocycles. The molecule has 1 aromatic heterocycles. The fourth-order valence-corrected chi connectivity index (χ4v) is 5.33. The van der Waals surface area contributed by atoms with E-state index in [2.05, 4.69) is 15.9 Å². The predicted molar refractivity (Wildman–Crippen MR) is 91.2 cm³/mol. The summed E-state index contributed by atoms with van der Waals surface area (Å²) in [5.41, 5.74) is 6.07. The van der Waals surface area contributed by atoms with Gasteiger partial charge in [-0.25, -0.2) is 8.42 Å². The number of benzene rings is 1. The summed E-state index contributed by atoms with van der Waals surface area (Å²) in [5.74, 6) is 0. The second-order valence-corrected chi connectivity index (χ2v) is 8.69. The van der Waals surface area contributed by atoms with E-state index >= 15 is 0 Å². The van der Waals surface area contributed by atoms with Crippen molar-refractivity contribution in [2.45, 2.75) is 17.9 Å². The van der Waals surface area contributed by atoms with Crippen LogP contribution >= 0.6 is 38.9 Å². The van der Waals surface area contributed by atoms with E-state index in [1.54, 1.807) is 7.05 Å². The summed E-state index contributed by atoms with van der Waals surface area (Å²) < 4.78 is 27.2. The lowest BCUT2D eigenvalue weighted by atomic mass is 10.3. The van der Waals surface area contributed by atoms with Crippen LogP contribution in [0.5, 0.6) is 0 Å². The molecule has 4 nitrogen and oxygen atoms in total. The molecule has 1 aromatic carbocycles. The van der Waals surface area contributed by atoms with Crippen LogP contribution in [0.1, 0.15) is 17.8 Å². The number of nitrogen functional groups attached to an aromatic ring is 1. The highest BCUT2D eigenvalue weighted by Crippen LogP contribution is 2.35. The molecule has 0 aliphatic carbocycles. The summed E-state index contributed by atoms with van der Waals surface area (Å²) in [5, 5.41) is 2.20. The molecule has 1 atom stereocenters. The van der Waals surface area contributed by atoms with Gasteiger partial charge in [0, 0.05) is 22.6 Å². The summed E-state index contributed by atoms with van der Waals surface area (Å²) in [6.07, 6.45) is 0. The van der Waals surface area contributed by atoms with Crippen LogP contribution in [0.3, 0.4) is 0 Å². The Morgan fingerprint density at radius 2 is 2.10 bits per heavy atom. The Morgan fingerprint density at radius 1 is 1.43 bits per heavy atom. The Bertz CT molecular complexity index is 748. The van der Waals surface area contributed by atoms with Gasteiger partial charge in [0.05, 0.1) is 15.4 Å². The maximum Gasteiger partial charge on any atom is 0.244 e. The molecular weight excluding hydrogens is 396 g/mol. The smallest absolute Gasteiger partial charge is 0.244 e. The lowest BCUT2D eigenvalue weighted by molar-refractivity contribution is 0.402. The fourth-order valence-electron chi connectivity index (χ4n) is 1.84. The topological polar surface area (TPSA) is 63.4 Å². The van der Waals surface area contributed by atoms with Crippen LogP contribution in [0, 0.1) is 0 Å². The van der Waals surface area contributed by atoms with E-state index in [0.717, 1.165) is 4.88 Å². The standard InChI is InChI=1S/C13H14BrClN2O2S2/c1-8(11-4-3-5-20-11)17(2)21(18,19)12-7-9(15)6-10(16)13(12)14/h3-8H,16H2,1-2H3. The first-order valence-corrected chi connectivity index (χ1v) is 9.50. The molecule has 8 heteroatoms. The maximum atomic E-state index is 12.8. The number of anilines is 1. The van der Waals surface area contributed by atoms with Crippen LogP contribution in [0.15, 0.2) is 39.0 Å². The van der Waals surface area contributed by atoms with Gasteiger partial charge in [-0.1, -0.05) is 17.7 Å². The number of hydrogen-bond donors (Lipinski definition) is 1. The zero-order valence-electron chi connectivity index (χ0n) is 11.4. The third kappa shape index (κ3) is 3.27. The van der Waals surface area contributed by atoms with E-state index in [4.69, 9.17) is 17.3 Å². The minimum atomic E-state index is -3.71. The van der Waals surface area contributed by atoms with Gasteiger partial charge in [0.25, 0.3) is 0 Å². The molecule has 0 bridgehead atoms. The monoisotopic (exact) mass is 408 g/mol. The Morgan fingerprint density at radius 3 is 2.67 bits per heavy atom. The van der Waals surface area contributed by atoms with E-state index in [1.165, 1.54) is 27.8 Å². The second kappa shape index (κ2) is 6.26. The molecule has 2 aromatic rings. The summed E-state index contributed by atoms with van der Waals surface area (Å²) in [4.78, 5) is 1.03. The van der Waals surface area contributed by atoms with Crippen molar-refractivity contribution in [1.82, 2.24) is 4.31 Å². The first-order valence-electron chi connectivity index (χ1n) is 6.01. The lowest BCUT2D eigenvalue weighted by Crippen LogP contribution is -2.29. The van der Waals surface area contributed by atoms with Gasteiger partial charge in [-0.3, -0.25) is 0 Å². The molecule has 2 N–H and O–H groups in total. The van der Waals surface area contributed by atoms with Crippen LogP contribution in [-0.4, -0.2) is 19.8 Å². The zero-order valence-corrected chi connectivity index (χ0v) is 15.4. The summed E-state index contributed by atoms with van der Waals surface area (Å²) >= 11 is 10.7. The van der Waals surface area contributed by atoms with Crippen LogP contribution in [0.4, 0.5) is 5.69 Å². The van der Waals surface area contributed by atoms with Crippen molar-refractivity contribution in [2.24, 2.45) is 0 Å². The van der Waals surface area contributed by atoms with Gasteiger partial charge in [0.15, 0.2) is 0 Å². The third-order valence-corrected chi connectivity index (χ3v) is 7.55. The van der Waals surface area contributed by atoms with E-state index in [9.17, 15) is 8.42 Å². The van der Waals surface area contributed by atoms with Crippen LogP contribution in [0.2, 0.25) is 5.02 Å². The highest BCUT2D eigenvalue weighted by molar-refractivity contribution is 9.10. The van der Waals surface area contributed by atoms with Crippen molar-refractivity contribution in [2.75, 3.05) is 12.8 Å². The quantitative estimate of drug-likeness (QED) is 0.772. The van der Waals surface area contributed by atoms with Crippen molar-refractivity contribution in [3.8, 4) is 0 Å². The van der Waals surface area contributed by atoms with Gasteiger partial charge in [-0.2, -0.15) is 4.31 Å². The summed E-state index contributed by atoms with van der Waals surface area (Å²) in [6, 6.07) is 6.43. The molecule has 114 valence electrons. The SMILES string of the molecule is CC(c1cccs1)N(C)S(=O)(=O)c1cc(Cl)cc(N)c1Br. The molecule has 1 unspecified atom stereocenters. The van der Waals surface area contributed by atoms with Crippen molar-refractivity contribution in [3.63, 3.8) is 0 Å². The molecule has 0 spiro atoms. The van der Waals surface area contributed by atoms with E-state index in [1.807, 2.05) is 24.4 Å². The summed E-state index contributed by atoms with van der Waals surface area (Å²) in [6.45, 7) is 1.84. The van der Waals surface area contributed by atoms with E-state index in [-0.39, 0.29) is 16.0 Å².